The summed E-state index contributed by atoms with van der Waals surface area (Å²) in [5.41, 5.74) is 3.55. The van der Waals surface area contributed by atoms with E-state index in [1.807, 2.05) is 36.4 Å². The van der Waals surface area contributed by atoms with Crippen molar-refractivity contribution in [2.45, 2.75) is 89.8 Å². The van der Waals surface area contributed by atoms with E-state index in [-0.39, 0.29) is 11.3 Å². The van der Waals surface area contributed by atoms with E-state index in [0.29, 0.717) is 11.8 Å². The molecule has 4 rings (SSSR count). The summed E-state index contributed by atoms with van der Waals surface area (Å²) in [5, 5.41) is 22.9. The van der Waals surface area contributed by atoms with Gasteiger partial charge in [-0.15, -0.1) is 0 Å². The van der Waals surface area contributed by atoms with Crippen LogP contribution in [0.1, 0.15) is 101 Å². The molecule has 1 aliphatic rings. The van der Waals surface area contributed by atoms with Crippen LogP contribution in [0.4, 0.5) is 0 Å². The number of aliphatic hydroxyl groups excluding tert-OH is 1. The molecule has 2 heteroatoms. The molecule has 0 radical (unpaired) electrons. The molecule has 0 aliphatic heterocycles. The predicted molar refractivity (Wildman–Crippen MR) is 154 cm³/mol. The van der Waals surface area contributed by atoms with Crippen molar-refractivity contribution in [1.29, 1.82) is 0 Å². The van der Waals surface area contributed by atoms with E-state index in [0.717, 1.165) is 61.6 Å². The third-order valence-electron chi connectivity index (χ3n) is 9.44. The second kappa shape index (κ2) is 12.0. The molecule has 0 aromatic heterocycles. The van der Waals surface area contributed by atoms with E-state index < -0.39 is 11.7 Å². The van der Waals surface area contributed by atoms with Crippen LogP contribution in [0.5, 0.6) is 0 Å². The van der Waals surface area contributed by atoms with Crippen molar-refractivity contribution in [1.82, 2.24) is 0 Å². The first-order valence-electron chi connectivity index (χ1n) is 14.3. The normalized spacial score (nSPS) is 19.6. The maximum atomic E-state index is 12.1. The average Bonchev–Trinajstić information content (AvgIpc) is 2.94. The van der Waals surface area contributed by atoms with Crippen LogP contribution < -0.4 is 0 Å². The van der Waals surface area contributed by atoms with E-state index in [9.17, 15) is 10.2 Å². The number of hydrogen-bond donors (Lipinski definition) is 2. The van der Waals surface area contributed by atoms with Crippen LogP contribution in [0.25, 0.3) is 0 Å². The third kappa shape index (κ3) is 6.19. The minimum absolute atomic E-state index is 0.134. The summed E-state index contributed by atoms with van der Waals surface area (Å²) in [6.07, 6.45) is 6.94. The first-order chi connectivity index (χ1) is 17.7. The van der Waals surface area contributed by atoms with Gasteiger partial charge in [0.2, 0.25) is 0 Å². The van der Waals surface area contributed by atoms with Crippen LogP contribution in [-0.4, -0.2) is 10.2 Å². The Kier molecular flexibility index (Phi) is 8.93. The number of hydrogen-bond acceptors (Lipinski definition) is 2. The van der Waals surface area contributed by atoms with Gasteiger partial charge in [-0.1, -0.05) is 138 Å². The molecule has 2 nitrogen and oxygen atoms in total. The Bertz CT molecular complexity index is 1040. The van der Waals surface area contributed by atoms with Gasteiger partial charge in [-0.2, -0.15) is 0 Å². The van der Waals surface area contributed by atoms with Crippen molar-refractivity contribution in [2.24, 2.45) is 17.8 Å². The number of aliphatic hydroxyl groups is 2. The van der Waals surface area contributed by atoms with Gasteiger partial charge in [0.05, 0.1) is 6.10 Å². The van der Waals surface area contributed by atoms with Crippen LogP contribution in [0.2, 0.25) is 0 Å². The highest BCUT2D eigenvalue weighted by atomic mass is 16.3. The van der Waals surface area contributed by atoms with Crippen LogP contribution in [-0.2, 0) is 11.0 Å². The summed E-state index contributed by atoms with van der Waals surface area (Å²) in [5.74, 6) is 1.45. The standard InChI is InChI=1S/C35H46O2/c1-26(2)34(3,4)29-24-20-28(21-25-29)33(36)17-11-12-27-18-22-32(23-19-27)35(37,30-13-7-5-8-14-30)31-15-9-6-10-16-31/h5-10,13-16,20-21,24-27,32-33,36-37H,11-12,17-19,22-23H2,1-4H3. The van der Waals surface area contributed by atoms with Gasteiger partial charge in [-0.05, 0) is 64.7 Å². The minimum atomic E-state index is -0.944. The SMILES string of the molecule is CC(C)C(C)(C)c1ccc(C(O)CCCC2CCC(C(O)(c3ccccc3)c3ccccc3)CC2)cc1. The average molecular weight is 499 g/mol. The van der Waals surface area contributed by atoms with Gasteiger partial charge in [0.25, 0.3) is 0 Å². The van der Waals surface area contributed by atoms with Crippen molar-refractivity contribution in [3.63, 3.8) is 0 Å². The minimum Gasteiger partial charge on any atom is -0.388 e. The molecule has 0 saturated heterocycles. The van der Waals surface area contributed by atoms with Crippen molar-refractivity contribution in [2.75, 3.05) is 0 Å². The highest BCUT2D eigenvalue weighted by Gasteiger charge is 2.41. The maximum Gasteiger partial charge on any atom is 0.117 e. The third-order valence-corrected chi connectivity index (χ3v) is 9.44. The monoisotopic (exact) mass is 498 g/mol. The predicted octanol–water partition coefficient (Wildman–Crippen LogP) is 8.57. The van der Waals surface area contributed by atoms with Gasteiger partial charge in [-0.25, -0.2) is 0 Å². The molecule has 0 amide bonds. The lowest BCUT2D eigenvalue weighted by Crippen LogP contribution is -2.38. The van der Waals surface area contributed by atoms with Gasteiger partial charge >= 0.3 is 0 Å². The van der Waals surface area contributed by atoms with E-state index in [1.54, 1.807) is 0 Å². The molecular formula is C35H46O2. The lowest BCUT2D eigenvalue weighted by molar-refractivity contribution is -0.00829. The lowest BCUT2D eigenvalue weighted by atomic mass is 9.67. The maximum absolute atomic E-state index is 12.1. The topological polar surface area (TPSA) is 40.5 Å². The molecule has 1 aliphatic carbocycles. The largest absolute Gasteiger partial charge is 0.388 e. The number of benzene rings is 3. The summed E-state index contributed by atoms with van der Waals surface area (Å²) in [6, 6.07) is 29.0. The van der Waals surface area contributed by atoms with Crippen molar-refractivity contribution in [3.8, 4) is 0 Å². The summed E-state index contributed by atoms with van der Waals surface area (Å²) in [7, 11) is 0. The zero-order valence-electron chi connectivity index (χ0n) is 23.2. The van der Waals surface area contributed by atoms with Gasteiger partial charge in [0, 0.05) is 0 Å². The Labute approximate surface area is 224 Å². The first-order valence-corrected chi connectivity index (χ1v) is 14.3. The Morgan fingerprint density at radius 3 is 1.73 bits per heavy atom. The van der Waals surface area contributed by atoms with E-state index in [1.165, 1.54) is 5.56 Å². The fraction of sp³-hybridized carbons (Fsp3) is 0.486. The molecule has 1 fully saturated rings. The smallest absolute Gasteiger partial charge is 0.117 e. The summed E-state index contributed by atoms with van der Waals surface area (Å²) >= 11 is 0. The second-order valence-electron chi connectivity index (χ2n) is 12.2. The van der Waals surface area contributed by atoms with Crippen molar-refractivity contribution < 1.29 is 10.2 Å². The fourth-order valence-electron chi connectivity index (χ4n) is 6.13. The van der Waals surface area contributed by atoms with Gasteiger partial charge in [0.1, 0.15) is 5.60 Å². The Morgan fingerprint density at radius 1 is 0.730 bits per heavy atom. The summed E-state index contributed by atoms with van der Waals surface area (Å²) in [4.78, 5) is 0. The van der Waals surface area contributed by atoms with Crippen molar-refractivity contribution >= 4 is 0 Å². The van der Waals surface area contributed by atoms with Gasteiger partial charge in [0.15, 0.2) is 0 Å². The molecule has 0 bridgehead atoms. The van der Waals surface area contributed by atoms with Gasteiger partial charge < -0.3 is 10.2 Å². The first kappa shape index (κ1) is 27.6. The molecule has 2 N–H and O–H groups in total. The number of rotatable bonds is 10. The van der Waals surface area contributed by atoms with Crippen molar-refractivity contribution in [3.05, 3.63) is 107 Å². The zero-order chi connectivity index (χ0) is 26.5. The summed E-state index contributed by atoms with van der Waals surface area (Å²) in [6.45, 7) is 9.11. The molecule has 1 saturated carbocycles. The van der Waals surface area contributed by atoms with Crippen LogP contribution in [0.15, 0.2) is 84.9 Å². The molecule has 0 spiro atoms. The molecule has 198 valence electrons. The Morgan fingerprint density at radius 2 is 1.24 bits per heavy atom. The summed E-state index contributed by atoms with van der Waals surface area (Å²) < 4.78 is 0. The molecule has 3 aromatic carbocycles. The highest BCUT2D eigenvalue weighted by Crippen LogP contribution is 2.46. The molecule has 37 heavy (non-hydrogen) atoms. The lowest BCUT2D eigenvalue weighted by Gasteiger charge is -2.41. The van der Waals surface area contributed by atoms with Crippen LogP contribution in [0, 0.1) is 17.8 Å². The van der Waals surface area contributed by atoms with Crippen LogP contribution in [0.3, 0.4) is 0 Å². The van der Waals surface area contributed by atoms with Crippen LogP contribution >= 0.6 is 0 Å². The van der Waals surface area contributed by atoms with E-state index >= 15 is 0 Å². The Balaban J connectivity index is 1.31. The molecular weight excluding hydrogens is 452 g/mol. The fourth-order valence-corrected chi connectivity index (χ4v) is 6.13. The van der Waals surface area contributed by atoms with E-state index in [2.05, 4.69) is 76.2 Å². The second-order valence-corrected chi connectivity index (χ2v) is 12.2. The van der Waals surface area contributed by atoms with E-state index in [4.69, 9.17) is 0 Å². The molecule has 1 unspecified atom stereocenters. The quantitative estimate of drug-likeness (QED) is 0.294. The highest BCUT2D eigenvalue weighted by molar-refractivity contribution is 5.37. The molecule has 1 atom stereocenters. The van der Waals surface area contributed by atoms with Gasteiger partial charge in [-0.3, -0.25) is 0 Å². The Hall–Kier alpha value is -2.42. The zero-order valence-corrected chi connectivity index (χ0v) is 23.2. The molecule has 3 aromatic rings. The molecule has 0 heterocycles.